The quantitative estimate of drug-likeness (QED) is 0.866. The molecule has 0 bridgehead atoms. The van der Waals surface area contributed by atoms with Crippen LogP contribution in [0.3, 0.4) is 0 Å². The zero-order valence-electron chi connectivity index (χ0n) is 12.2. The maximum Gasteiger partial charge on any atom is 0.243 e. The SMILES string of the molecule is Cc1ccc(S(=O)(=O)N(C)C(C)c2ccc(F)cc2)cc1. The van der Waals surface area contributed by atoms with Gasteiger partial charge in [-0.25, -0.2) is 12.8 Å². The van der Waals surface area contributed by atoms with Crippen LogP contribution >= 0.6 is 0 Å². The summed E-state index contributed by atoms with van der Waals surface area (Å²) in [7, 11) is -2.04. The standard InChI is InChI=1S/C16H18FNO2S/c1-12-4-10-16(11-5-12)21(19,20)18(3)13(2)14-6-8-15(17)9-7-14/h4-11,13H,1-3H3. The minimum atomic E-state index is -3.57. The van der Waals surface area contributed by atoms with Crippen molar-refractivity contribution in [3.63, 3.8) is 0 Å². The molecule has 1 unspecified atom stereocenters. The molecule has 0 heterocycles. The van der Waals surface area contributed by atoms with Gasteiger partial charge in [0.15, 0.2) is 0 Å². The van der Waals surface area contributed by atoms with Crippen LogP contribution in [0.1, 0.15) is 24.1 Å². The molecule has 5 heteroatoms. The van der Waals surface area contributed by atoms with Gasteiger partial charge in [-0.1, -0.05) is 29.8 Å². The number of benzene rings is 2. The smallest absolute Gasteiger partial charge is 0.207 e. The molecule has 2 aromatic carbocycles. The second-order valence-electron chi connectivity index (χ2n) is 5.06. The van der Waals surface area contributed by atoms with Crippen LogP contribution in [0, 0.1) is 12.7 Å². The van der Waals surface area contributed by atoms with Crippen molar-refractivity contribution in [1.82, 2.24) is 4.31 Å². The number of rotatable bonds is 4. The lowest BCUT2D eigenvalue weighted by atomic mass is 10.1. The van der Waals surface area contributed by atoms with Crippen LogP contribution in [0.4, 0.5) is 4.39 Å². The van der Waals surface area contributed by atoms with Gasteiger partial charge in [0.25, 0.3) is 0 Å². The molecule has 0 aliphatic carbocycles. The van der Waals surface area contributed by atoms with E-state index in [2.05, 4.69) is 0 Å². The molecule has 112 valence electrons. The molecular weight excluding hydrogens is 289 g/mol. The van der Waals surface area contributed by atoms with Gasteiger partial charge in [0.05, 0.1) is 4.90 Å². The summed E-state index contributed by atoms with van der Waals surface area (Å²) < 4.78 is 39.4. The molecule has 0 saturated heterocycles. The summed E-state index contributed by atoms with van der Waals surface area (Å²) in [5.41, 5.74) is 1.75. The molecule has 21 heavy (non-hydrogen) atoms. The lowest BCUT2D eigenvalue weighted by Gasteiger charge is -2.24. The van der Waals surface area contributed by atoms with Gasteiger partial charge >= 0.3 is 0 Å². The predicted octanol–water partition coefficient (Wildman–Crippen LogP) is 3.52. The fourth-order valence-electron chi connectivity index (χ4n) is 2.04. The number of nitrogens with zero attached hydrogens (tertiary/aromatic N) is 1. The second-order valence-corrected chi connectivity index (χ2v) is 7.06. The van der Waals surface area contributed by atoms with Crippen molar-refractivity contribution in [3.05, 3.63) is 65.5 Å². The van der Waals surface area contributed by atoms with E-state index in [1.165, 1.54) is 23.5 Å². The Morgan fingerprint density at radius 1 is 1.00 bits per heavy atom. The van der Waals surface area contributed by atoms with Crippen LogP contribution in [0.2, 0.25) is 0 Å². The van der Waals surface area contributed by atoms with Crippen molar-refractivity contribution in [2.24, 2.45) is 0 Å². The summed E-state index contributed by atoms with van der Waals surface area (Å²) in [5, 5.41) is 0. The highest BCUT2D eigenvalue weighted by Gasteiger charge is 2.26. The number of sulfonamides is 1. The Morgan fingerprint density at radius 2 is 1.52 bits per heavy atom. The summed E-state index contributed by atoms with van der Waals surface area (Å²) in [6.45, 7) is 3.68. The molecule has 0 aliphatic heterocycles. The third-order valence-electron chi connectivity index (χ3n) is 3.60. The first-order valence-corrected chi connectivity index (χ1v) is 8.06. The lowest BCUT2D eigenvalue weighted by molar-refractivity contribution is 0.398. The van der Waals surface area contributed by atoms with Gasteiger partial charge in [0, 0.05) is 13.1 Å². The Balaban J connectivity index is 2.31. The number of aryl methyl sites for hydroxylation is 1. The average Bonchev–Trinajstić information content (AvgIpc) is 2.47. The largest absolute Gasteiger partial charge is 0.243 e. The van der Waals surface area contributed by atoms with E-state index >= 15 is 0 Å². The Kier molecular flexibility index (Phi) is 4.44. The topological polar surface area (TPSA) is 37.4 Å². The van der Waals surface area contributed by atoms with Crippen LogP contribution in [0.25, 0.3) is 0 Å². The molecule has 0 radical (unpaired) electrons. The third-order valence-corrected chi connectivity index (χ3v) is 5.54. The maximum atomic E-state index is 13.0. The van der Waals surface area contributed by atoms with Gasteiger partial charge in [-0.3, -0.25) is 0 Å². The van der Waals surface area contributed by atoms with Crippen molar-refractivity contribution in [3.8, 4) is 0 Å². The Bertz CT molecular complexity index is 709. The molecule has 0 amide bonds. The normalized spacial score (nSPS) is 13.4. The minimum Gasteiger partial charge on any atom is -0.207 e. The molecule has 1 atom stereocenters. The fraction of sp³-hybridized carbons (Fsp3) is 0.250. The van der Waals surface area contributed by atoms with Gasteiger partial charge in [-0.15, -0.1) is 0 Å². The van der Waals surface area contributed by atoms with E-state index in [0.717, 1.165) is 11.1 Å². The van der Waals surface area contributed by atoms with Crippen LogP contribution in [-0.2, 0) is 10.0 Å². The van der Waals surface area contributed by atoms with E-state index in [-0.39, 0.29) is 16.8 Å². The van der Waals surface area contributed by atoms with Gasteiger partial charge in [0.2, 0.25) is 10.0 Å². The van der Waals surface area contributed by atoms with Gasteiger partial charge < -0.3 is 0 Å². The van der Waals surface area contributed by atoms with Crippen molar-refractivity contribution in [2.75, 3.05) is 7.05 Å². The first kappa shape index (κ1) is 15.7. The third kappa shape index (κ3) is 3.31. The highest BCUT2D eigenvalue weighted by molar-refractivity contribution is 7.89. The van der Waals surface area contributed by atoms with Crippen LogP contribution in [0.5, 0.6) is 0 Å². The predicted molar refractivity (Wildman–Crippen MR) is 80.9 cm³/mol. The summed E-state index contributed by atoms with van der Waals surface area (Å²) in [6.07, 6.45) is 0. The molecule has 0 spiro atoms. The van der Waals surface area contributed by atoms with E-state index in [0.29, 0.717) is 0 Å². The Morgan fingerprint density at radius 3 is 2.05 bits per heavy atom. The van der Waals surface area contributed by atoms with Crippen LogP contribution in [-0.4, -0.2) is 19.8 Å². The van der Waals surface area contributed by atoms with Gasteiger partial charge in [-0.2, -0.15) is 4.31 Å². The Hall–Kier alpha value is -1.72. The summed E-state index contributed by atoms with van der Waals surface area (Å²) >= 11 is 0. The highest BCUT2D eigenvalue weighted by Crippen LogP contribution is 2.25. The molecule has 2 aromatic rings. The molecule has 0 aromatic heterocycles. The van der Waals surface area contributed by atoms with E-state index in [4.69, 9.17) is 0 Å². The highest BCUT2D eigenvalue weighted by atomic mass is 32.2. The average molecular weight is 307 g/mol. The van der Waals surface area contributed by atoms with E-state index in [1.807, 2.05) is 6.92 Å². The molecule has 2 rings (SSSR count). The van der Waals surface area contributed by atoms with Crippen molar-refractivity contribution >= 4 is 10.0 Å². The molecule has 0 fully saturated rings. The Labute approximate surface area is 125 Å². The van der Waals surface area contributed by atoms with Gasteiger partial charge in [0.1, 0.15) is 5.82 Å². The molecule has 0 saturated carbocycles. The number of hydrogen-bond donors (Lipinski definition) is 0. The van der Waals surface area contributed by atoms with Crippen molar-refractivity contribution < 1.29 is 12.8 Å². The van der Waals surface area contributed by atoms with E-state index in [9.17, 15) is 12.8 Å². The zero-order chi connectivity index (χ0) is 15.6. The lowest BCUT2D eigenvalue weighted by Crippen LogP contribution is -2.29. The zero-order valence-corrected chi connectivity index (χ0v) is 13.1. The summed E-state index contributed by atoms with van der Waals surface area (Å²) in [4.78, 5) is 0.254. The van der Waals surface area contributed by atoms with Crippen molar-refractivity contribution in [1.29, 1.82) is 0 Å². The summed E-state index contributed by atoms with van der Waals surface area (Å²) in [5.74, 6) is -0.338. The van der Waals surface area contributed by atoms with Crippen molar-refractivity contribution in [2.45, 2.75) is 24.8 Å². The number of hydrogen-bond acceptors (Lipinski definition) is 2. The number of halogens is 1. The monoisotopic (exact) mass is 307 g/mol. The first-order chi connectivity index (χ1) is 9.82. The first-order valence-electron chi connectivity index (χ1n) is 6.62. The summed E-state index contributed by atoms with van der Waals surface area (Å²) in [6, 6.07) is 12.2. The molecular formula is C16H18FNO2S. The maximum absolute atomic E-state index is 13.0. The molecule has 0 aliphatic rings. The van der Waals surface area contributed by atoms with E-state index < -0.39 is 10.0 Å². The molecule has 3 nitrogen and oxygen atoms in total. The second kappa shape index (κ2) is 5.95. The van der Waals surface area contributed by atoms with Gasteiger partial charge in [-0.05, 0) is 43.7 Å². The fourth-order valence-corrected chi connectivity index (χ4v) is 3.39. The van der Waals surface area contributed by atoms with Crippen LogP contribution < -0.4 is 0 Å². The van der Waals surface area contributed by atoms with Crippen LogP contribution in [0.15, 0.2) is 53.4 Å². The molecule has 0 N–H and O–H groups in total. The van der Waals surface area contributed by atoms with E-state index in [1.54, 1.807) is 43.3 Å². The minimum absolute atomic E-state index is 0.254.